The van der Waals surface area contributed by atoms with Gasteiger partial charge in [-0.2, -0.15) is 0 Å². The molecule has 0 unspecified atom stereocenters. The topological polar surface area (TPSA) is 38.3 Å². The van der Waals surface area contributed by atoms with Crippen LogP contribution in [0.5, 0.6) is 0 Å². The first-order valence-electron chi connectivity index (χ1n) is 6.63. The maximum atomic E-state index is 12.1. The smallest absolute Gasteiger partial charge is 0.312 e. The summed E-state index contributed by atoms with van der Waals surface area (Å²) in [5, 5.41) is 3.31. The molecule has 0 aromatic heterocycles. The molecule has 0 saturated carbocycles. The van der Waals surface area contributed by atoms with Crippen molar-refractivity contribution in [3.63, 3.8) is 0 Å². The summed E-state index contributed by atoms with van der Waals surface area (Å²) in [6, 6.07) is 0. The van der Waals surface area contributed by atoms with Crippen molar-refractivity contribution >= 4 is 5.97 Å². The molecule has 0 aromatic rings. The Labute approximate surface area is 98.9 Å². The van der Waals surface area contributed by atoms with E-state index in [1.165, 1.54) is 0 Å². The Hall–Kier alpha value is -0.570. The maximum absolute atomic E-state index is 12.1. The second-order valence-electron chi connectivity index (χ2n) is 4.77. The van der Waals surface area contributed by atoms with Gasteiger partial charge in [-0.15, -0.1) is 0 Å². The fourth-order valence-corrected chi connectivity index (χ4v) is 2.40. The molecule has 0 bridgehead atoms. The molecule has 0 atom stereocenters. The van der Waals surface area contributed by atoms with E-state index in [4.69, 9.17) is 4.74 Å². The van der Waals surface area contributed by atoms with Crippen LogP contribution in [0.25, 0.3) is 0 Å². The van der Waals surface area contributed by atoms with Crippen LogP contribution in [-0.2, 0) is 9.53 Å². The molecule has 16 heavy (non-hydrogen) atoms. The predicted molar refractivity (Wildman–Crippen MR) is 65.3 cm³/mol. The van der Waals surface area contributed by atoms with E-state index in [9.17, 15) is 4.79 Å². The van der Waals surface area contributed by atoms with E-state index >= 15 is 0 Å². The van der Waals surface area contributed by atoms with E-state index in [0.717, 1.165) is 51.6 Å². The van der Waals surface area contributed by atoms with Gasteiger partial charge in [-0.05, 0) is 38.8 Å². The summed E-state index contributed by atoms with van der Waals surface area (Å²) < 4.78 is 5.41. The number of esters is 1. The molecule has 1 fully saturated rings. The third-order valence-electron chi connectivity index (χ3n) is 3.45. The van der Waals surface area contributed by atoms with Crippen molar-refractivity contribution in [2.24, 2.45) is 5.41 Å². The highest BCUT2D eigenvalue weighted by Crippen LogP contribution is 2.35. The van der Waals surface area contributed by atoms with Crippen LogP contribution in [0.1, 0.15) is 52.4 Å². The molecule has 0 radical (unpaired) electrons. The third kappa shape index (κ3) is 3.48. The number of hydrogen-bond donors (Lipinski definition) is 1. The van der Waals surface area contributed by atoms with Gasteiger partial charge in [-0.1, -0.05) is 26.7 Å². The fourth-order valence-electron chi connectivity index (χ4n) is 2.40. The van der Waals surface area contributed by atoms with Gasteiger partial charge in [0, 0.05) is 0 Å². The lowest BCUT2D eigenvalue weighted by molar-refractivity contribution is -0.158. The van der Waals surface area contributed by atoms with Crippen molar-refractivity contribution in [3.05, 3.63) is 0 Å². The number of unbranched alkanes of at least 4 members (excludes halogenated alkanes) is 1. The van der Waals surface area contributed by atoms with Crippen LogP contribution in [0, 0.1) is 5.41 Å². The zero-order valence-electron chi connectivity index (χ0n) is 10.7. The van der Waals surface area contributed by atoms with Gasteiger partial charge in [-0.3, -0.25) is 4.79 Å². The standard InChI is InChI=1S/C13H25NO2/c1-3-5-11-16-12(15)13(6-4-2)7-9-14-10-8-13/h14H,3-11H2,1-2H3. The zero-order valence-corrected chi connectivity index (χ0v) is 10.7. The van der Waals surface area contributed by atoms with E-state index in [1.807, 2.05) is 0 Å². The van der Waals surface area contributed by atoms with Gasteiger partial charge in [0.15, 0.2) is 0 Å². The number of carbonyl (C=O) groups excluding carboxylic acids is 1. The van der Waals surface area contributed by atoms with Crippen molar-refractivity contribution in [1.82, 2.24) is 5.32 Å². The van der Waals surface area contributed by atoms with Gasteiger partial charge >= 0.3 is 5.97 Å². The summed E-state index contributed by atoms with van der Waals surface area (Å²) in [6.45, 7) is 6.74. The molecule has 1 aliphatic heterocycles. The van der Waals surface area contributed by atoms with Crippen molar-refractivity contribution < 1.29 is 9.53 Å². The molecule has 0 aromatic carbocycles. The molecule has 0 aliphatic carbocycles. The van der Waals surface area contributed by atoms with Crippen molar-refractivity contribution in [3.8, 4) is 0 Å². The second kappa shape index (κ2) is 6.89. The lowest BCUT2D eigenvalue weighted by Crippen LogP contribution is -2.43. The second-order valence-corrected chi connectivity index (χ2v) is 4.77. The van der Waals surface area contributed by atoms with E-state index in [-0.39, 0.29) is 11.4 Å². The lowest BCUT2D eigenvalue weighted by Gasteiger charge is -2.35. The minimum Gasteiger partial charge on any atom is -0.465 e. The quantitative estimate of drug-likeness (QED) is 0.559. The van der Waals surface area contributed by atoms with Gasteiger partial charge in [0.2, 0.25) is 0 Å². The summed E-state index contributed by atoms with van der Waals surface area (Å²) in [7, 11) is 0. The van der Waals surface area contributed by atoms with Crippen LogP contribution in [-0.4, -0.2) is 25.7 Å². The molecule has 1 saturated heterocycles. The van der Waals surface area contributed by atoms with Crippen LogP contribution >= 0.6 is 0 Å². The zero-order chi connectivity index (χ0) is 11.9. The average Bonchev–Trinajstić information content (AvgIpc) is 2.31. The average molecular weight is 227 g/mol. The van der Waals surface area contributed by atoms with Gasteiger partial charge in [0.25, 0.3) is 0 Å². The predicted octanol–water partition coefficient (Wildman–Crippen LogP) is 2.50. The van der Waals surface area contributed by atoms with E-state index in [1.54, 1.807) is 0 Å². The molecule has 0 amide bonds. The highest BCUT2D eigenvalue weighted by molar-refractivity contribution is 5.77. The van der Waals surface area contributed by atoms with Crippen molar-refractivity contribution in [2.45, 2.75) is 52.4 Å². The maximum Gasteiger partial charge on any atom is 0.312 e. The van der Waals surface area contributed by atoms with Gasteiger partial charge in [-0.25, -0.2) is 0 Å². The minimum absolute atomic E-state index is 0.0456. The van der Waals surface area contributed by atoms with Crippen LogP contribution < -0.4 is 5.32 Å². The Bertz CT molecular complexity index is 204. The summed E-state index contributed by atoms with van der Waals surface area (Å²) in [5.74, 6) is 0.0456. The summed E-state index contributed by atoms with van der Waals surface area (Å²) in [5.41, 5.74) is -0.187. The molecule has 3 heteroatoms. The first-order chi connectivity index (χ1) is 7.75. The molecular weight excluding hydrogens is 202 g/mol. The van der Waals surface area contributed by atoms with E-state index in [2.05, 4.69) is 19.2 Å². The van der Waals surface area contributed by atoms with Gasteiger partial charge < -0.3 is 10.1 Å². The summed E-state index contributed by atoms with van der Waals surface area (Å²) in [6.07, 6.45) is 5.96. The largest absolute Gasteiger partial charge is 0.465 e. The molecular formula is C13H25NO2. The molecule has 1 N–H and O–H groups in total. The van der Waals surface area contributed by atoms with Crippen LogP contribution in [0.4, 0.5) is 0 Å². The SMILES string of the molecule is CCCCOC(=O)C1(CCC)CCNCC1. The highest BCUT2D eigenvalue weighted by atomic mass is 16.5. The Morgan fingerprint density at radius 1 is 1.25 bits per heavy atom. The van der Waals surface area contributed by atoms with E-state index in [0.29, 0.717) is 6.61 Å². The summed E-state index contributed by atoms with van der Waals surface area (Å²) in [4.78, 5) is 12.1. The Morgan fingerprint density at radius 2 is 1.94 bits per heavy atom. The van der Waals surface area contributed by atoms with Crippen LogP contribution in [0.2, 0.25) is 0 Å². The molecule has 0 spiro atoms. The number of piperidine rings is 1. The first kappa shape index (κ1) is 13.5. The van der Waals surface area contributed by atoms with Crippen molar-refractivity contribution in [1.29, 1.82) is 0 Å². The van der Waals surface area contributed by atoms with Crippen molar-refractivity contribution in [2.75, 3.05) is 19.7 Å². The molecule has 1 aliphatic rings. The fraction of sp³-hybridized carbons (Fsp3) is 0.923. The Morgan fingerprint density at radius 3 is 2.50 bits per heavy atom. The molecule has 3 nitrogen and oxygen atoms in total. The van der Waals surface area contributed by atoms with Crippen LogP contribution in [0.3, 0.4) is 0 Å². The monoisotopic (exact) mass is 227 g/mol. The summed E-state index contributed by atoms with van der Waals surface area (Å²) >= 11 is 0. The lowest BCUT2D eigenvalue weighted by atomic mass is 9.75. The number of carbonyl (C=O) groups is 1. The number of rotatable bonds is 6. The first-order valence-corrected chi connectivity index (χ1v) is 6.63. The highest BCUT2D eigenvalue weighted by Gasteiger charge is 2.39. The number of nitrogens with one attached hydrogen (secondary N) is 1. The normalized spacial score (nSPS) is 19.4. The van der Waals surface area contributed by atoms with E-state index < -0.39 is 0 Å². The number of ether oxygens (including phenoxy) is 1. The minimum atomic E-state index is -0.187. The number of hydrogen-bond acceptors (Lipinski definition) is 3. The molecule has 1 rings (SSSR count). The van der Waals surface area contributed by atoms with Gasteiger partial charge in [0.1, 0.15) is 0 Å². The third-order valence-corrected chi connectivity index (χ3v) is 3.45. The Kier molecular flexibility index (Phi) is 5.81. The Balaban J connectivity index is 2.50. The van der Waals surface area contributed by atoms with Crippen LogP contribution in [0.15, 0.2) is 0 Å². The molecule has 94 valence electrons. The molecule has 1 heterocycles. The van der Waals surface area contributed by atoms with Gasteiger partial charge in [0.05, 0.1) is 12.0 Å².